The van der Waals surface area contributed by atoms with Crippen molar-refractivity contribution in [1.29, 1.82) is 5.26 Å². The predicted molar refractivity (Wildman–Crippen MR) is 123 cm³/mol. The van der Waals surface area contributed by atoms with Gasteiger partial charge in [-0.05, 0) is 70.3 Å². The molecular weight excluding hydrogens is 482 g/mol. The first-order chi connectivity index (χ1) is 14.7. The molecule has 11 heteroatoms. The van der Waals surface area contributed by atoms with Crippen LogP contribution < -0.4 is 4.90 Å². The van der Waals surface area contributed by atoms with Gasteiger partial charge in [-0.3, -0.25) is 10.00 Å². The van der Waals surface area contributed by atoms with Gasteiger partial charge in [-0.1, -0.05) is 0 Å². The van der Waals surface area contributed by atoms with Gasteiger partial charge >= 0.3 is 12.2 Å². The highest BCUT2D eigenvalue weighted by Gasteiger charge is 2.32. The summed E-state index contributed by atoms with van der Waals surface area (Å²) in [6.45, 7) is 12.3. The molecule has 1 aromatic rings. The fourth-order valence-corrected chi connectivity index (χ4v) is 3.19. The highest BCUT2D eigenvalue weighted by atomic mass is 79.9. The number of aromatic nitrogens is 2. The summed E-state index contributed by atoms with van der Waals surface area (Å²) in [5.74, 6) is 0.230. The van der Waals surface area contributed by atoms with Crippen molar-refractivity contribution in [2.45, 2.75) is 71.6 Å². The number of nitrogens with one attached hydrogen (secondary N) is 1. The van der Waals surface area contributed by atoms with E-state index in [2.05, 4.69) is 26.1 Å². The number of hydrogen-bond donors (Lipinski definition) is 1. The molecule has 0 spiro atoms. The molecule has 10 nitrogen and oxygen atoms in total. The van der Waals surface area contributed by atoms with E-state index < -0.39 is 17.3 Å². The number of rotatable bonds is 3. The summed E-state index contributed by atoms with van der Waals surface area (Å²) >= 11 is 3.14. The van der Waals surface area contributed by atoms with Gasteiger partial charge in [0, 0.05) is 20.7 Å². The maximum Gasteiger partial charge on any atom is 0.415 e. The van der Waals surface area contributed by atoms with Crippen LogP contribution in [0.2, 0.25) is 0 Å². The van der Waals surface area contributed by atoms with Gasteiger partial charge in [0.25, 0.3) is 0 Å². The van der Waals surface area contributed by atoms with E-state index in [1.807, 2.05) is 26.8 Å². The third-order valence-electron chi connectivity index (χ3n) is 4.16. The molecule has 1 atom stereocenters. The second kappa shape index (κ2) is 11.5. The van der Waals surface area contributed by atoms with Crippen LogP contribution in [-0.2, 0) is 14.2 Å². The zero-order chi connectivity index (χ0) is 24.7. The van der Waals surface area contributed by atoms with E-state index in [4.69, 9.17) is 19.5 Å². The number of carbonyl (C=O) groups is 2. The van der Waals surface area contributed by atoms with Gasteiger partial charge in [0.2, 0.25) is 0 Å². The smallest absolute Gasteiger partial charge is 0.415 e. The summed E-state index contributed by atoms with van der Waals surface area (Å²) in [4.78, 5) is 26.5. The number of halogens is 1. The second-order valence-electron chi connectivity index (χ2n) is 9.31. The second-order valence-corrected chi connectivity index (χ2v) is 10.1. The number of amides is 2. The van der Waals surface area contributed by atoms with E-state index >= 15 is 0 Å². The summed E-state index contributed by atoms with van der Waals surface area (Å²) in [6.07, 6.45) is 1.26. The zero-order valence-electron chi connectivity index (χ0n) is 20.1. The standard InChI is InChI=1S/C11H21NO3.C10H13BrN4O2/c1-11(2,3)15-10(13)12-7-5-6-9(12)8-14-4;1-10(2,3)17-9(16)15(4)8-6(5-12)7(11)13-14-8/h9H,5-8H2,1-4H3;1-4H3,(H,13,14). The first-order valence-corrected chi connectivity index (χ1v) is 11.1. The summed E-state index contributed by atoms with van der Waals surface area (Å²) in [7, 11) is 3.16. The molecule has 0 radical (unpaired) electrons. The molecule has 1 aliphatic heterocycles. The quantitative estimate of drug-likeness (QED) is 0.630. The Morgan fingerprint density at radius 3 is 2.34 bits per heavy atom. The Hall–Kier alpha value is -2.32. The van der Waals surface area contributed by atoms with Crippen LogP contribution in [-0.4, -0.2) is 71.8 Å². The van der Waals surface area contributed by atoms with Gasteiger partial charge in [0.05, 0.1) is 12.6 Å². The Kier molecular flexibility index (Phi) is 9.97. The number of carbonyl (C=O) groups excluding carboxylic acids is 2. The summed E-state index contributed by atoms with van der Waals surface area (Å²) in [5.41, 5.74) is -0.749. The van der Waals surface area contributed by atoms with Crippen molar-refractivity contribution < 1.29 is 23.8 Å². The minimum Gasteiger partial charge on any atom is -0.444 e. The van der Waals surface area contributed by atoms with Crippen molar-refractivity contribution in [2.24, 2.45) is 0 Å². The van der Waals surface area contributed by atoms with Crippen molar-refractivity contribution in [3.8, 4) is 6.07 Å². The van der Waals surface area contributed by atoms with Crippen LogP contribution in [0.3, 0.4) is 0 Å². The van der Waals surface area contributed by atoms with Crippen LogP contribution in [0.15, 0.2) is 4.60 Å². The normalized spacial score (nSPS) is 16.0. The monoisotopic (exact) mass is 515 g/mol. The highest BCUT2D eigenvalue weighted by molar-refractivity contribution is 9.10. The predicted octanol–water partition coefficient (Wildman–Crippen LogP) is 4.45. The van der Waals surface area contributed by atoms with E-state index in [0.29, 0.717) is 11.2 Å². The molecule has 1 unspecified atom stereocenters. The summed E-state index contributed by atoms with van der Waals surface area (Å²) in [6, 6.07) is 2.14. The Balaban J connectivity index is 0.000000323. The number of nitrogens with zero attached hydrogens (tertiary/aromatic N) is 4. The highest BCUT2D eigenvalue weighted by Crippen LogP contribution is 2.24. The average Bonchev–Trinajstić information content (AvgIpc) is 3.25. The van der Waals surface area contributed by atoms with Crippen LogP contribution in [0.25, 0.3) is 0 Å². The largest absolute Gasteiger partial charge is 0.444 e. The molecule has 1 aliphatic rings. The third-order valence-corrected chi connectivity index (χ3v) is 4.74. The molecule has 1 saturated heterocycles. The Morgan fingerprint density at radius 1 is 1.25 bits per heavy atom. The van der Waals surface area contributed by atoms with Crippen molar-refractivity contribution in [3.05, 3.63) is 10.2 Å². The number of aromatic amines is 1. The molecule has 2 heterocycles. The number of nitriles is 1. The molecule has 32 heavy (non-hydrogen) atoms. The van der Waals surface area contributed by atoms with Crippen LogP contribution in [0.4, 0.5) is 15.4 Å². The fraction of sp³-hybridized carbons (Fsp3) is 0.714. The van der Waals surface area contributed by atoms with Crippen molar-refractivity contribution in [3.63, 3.8) is 0 Å². The van der Waals surface area contributed by atoms with Gasteiger partial charge in [0.1, 0.15) is 27.4 Å². The lowest BCUT2D eigenvalue weighted by Crippen LogP contribution is -2.41. The van der Waals surface area contributed by atoms with E-state index in [1.165, 1.54) is 11.9 Å². The number of ether oxygens (including phenoxy) is 3. The maximum atomic E-state index is 11.8. The molecule has 1 fully saturated rings. The molecule has 1 aromatic heterocycles. The van der Waals surface area contributed by atoms with Crippen LogP contribution in [0.1, 0.15) is 59.9 Å². The minimum atomic E-state index is -0.592. The van der Waals surface area contributed by atoms with E-state index in [0.717, 1.165) is 19.4 Å². The van der Waals surface area contributed by atoms with Gasteiger partial charge in [0.15, 0.2) is 5.82 Å². The van der Waals surface area contributed by atoms with E-state index in [-0.39, 0.29) is 23.5 Å². The molecule has 2 rings (SSSR count). The molecule has 2 amide bonds. The Morgan fingerprint density at radius 2 is 1.84 bits per heavy atom. The van der Waals surface area contributed by atoms with Crippen molar-refractivity contribution in [1.82, 2.24) is 15.1 Å². The maximum absolute atomic E-state index is 11.8. The SMILES string of the molecule is CN(C(=O)OC(C)(C)C)c1n[nH]c(Br)c1C#N.COCC1CCCN1C(=O)OC(C)(C)C. The zero-order valence-corrected chi connectivity index (χ0v) is 21.7. The molecule has 180 valence electrons. The van der Waals surface area contributed by atoms with Gasteiger partial charge < -0.3 is 19.1 Å². The average molecular weight is 516 g/mol. The van der Waals surface area contributed by atoms with E-state index in [1.54, 1.807) is 32.8 Å². The molecule has 0 bridgehead atoms. The number of anilines is 1. The molecule has 0 aromatic carbocycles. The number of hydrogen-bond acceptors (Lipinski definition) is 7. The first-order valence-electron chi connectivity index (χ1n) is 10.3. The minimum absolute atomic E-state index is 0.185. The van der Waals surface area contributed by atoms with Crippen LogP contribution in [0, 0.1) is 11.3 Å². The Bertz CT molecular complexity index is 822. The lowest BCUT2D eigenvalue weighted by Gasteiger charge is -2.28. The molecule has 1 N–H and O–H groups in total. The summed E-state index contributed by atoms with van der Waals surface area (Å²) < 4.78 is 16.0. The Labute approximate surface area is 198 Å². The molecule has 0 saturated carbocycles. The first kappa shape index (κ1) is 27.7. The van der Waals surface area contributed by atoms with Gasteiger partial charge in [-0.2, -0.15) is 10.4 Å². The summed E-state index contributed by atoms with van der Waals surface area (Å²) in [5, 5.41) is 15.4. The van der Waals surface area contributed by atoms with Crippen LogP contribution in [0.5, 0.6) is 0 Å². The van der Waals surface area contributed by atoms with Crippen molar-refractivity contribution in [2.75, 3.05) is 32.2 Å². The van der Waals surface area contributed by atoms with Crippen LogP contribution >= 0.6 is 15.9 Å². The third kappa shape index (κ3) is 8.67. The lowest BCUT2D eigenvalue weighted by atomic mass is 10.2. The van der Waals surface area contributed by atoms with Crippen molar-refractivity contribution >= 4 is 33.9 Å². The van der Waals surface area contributed by atoms with E-state index in [9.17, 15) is 9.59 Å². The van der Waals surface area contributed by atoms with Gasteiger partial charge in [-0.25, -0.2) is 9.59 Å². The topological polar surface area (TPSA) is 121 Å². The fourth-order valence-electron chi connectivity index (χ4n) is 2.83. The van der Waals surface area contributed by atoms with Gasteiger partial charge in [-0.15, -0.1) is 0 Å². The molecular formula is C21H34BrN5O5. The number of H-pyrrole nitrogens is 1. The number of methoxy groups -OCH3 is 1. The number of likely N-dealkylation sites (tertiary alicyclic amines) is 1. The lowest BCUT2D eigenvalue weighted by molar-refractivity contribution is 0.0148. The molecule has 0 aliphatic carbocycles.